The van der Waals surface area contributed by atoms with Gasteiger partial charge in [0.15, 0.2) is 0 Å². The average Bonchev–Trinajstić information content (AvgIpc) is 2.74. The van der Waals surface area contributed by atoms with E-state index >= 15 is 0 Å². The van der Waals surface area contributed by atoms with E-state index in [9.17, 15) is 13.2 Å². The number of carbonyl (C=O) groups excluding carboxylic acids is 1. The van der Waals surface area contributed by atoms with Gasteiger partial charge in [-0.3, -0.25) is 9.69 Å². The Balaban J connectivity index is 1.41. The van der Waals surface area contributed by atoms with Crippen LogP contribution in [0.3, 0.4) is 0 Å². The summed E-state index contributed by atoms with van der Waals surface area (Å²) in [5, 5.41) is 3.72. The Morgan fingerprint density at radius 3 is 2.45 bits per heavy atom. The van der Waals surface area contributed by atoms with Crippen LogP contribution >= 0.6 is 23.4 Å². The molecule has 0 bridgehead atoms. The van der Waals surface area contributed by atoms with E-state index in [1.807, 2.05) is 48.5 Å². The van der Waals surface area contributed by atoms with Crippen LogP contribution in [0.1, 0.15) is 21.5 Å². The van der Waals surface area contributed by atoms with Crippen LogP contribution in [0.4, 0.5) is 0 Å². The smallest absolute Gasteiger partial charge is 0.251 e. The van der Waals surface area contributed by atoms with Gasteiger partial charge in [-0.05, 0) is 35.4 Å². The van der Waals surface area contributed by atoms with Crippen molar-refractivity contribution in [2.24, 2.45) is 0 Å². The highest BCUT2D eigenvalue weighted by molar-refractivity contribution is 7.98. The second-order valence-corrected chi connectivity index (χ2v) is 11.1. The molecular formula is C22H28ClN3O3S2. The zero-order valence-corrected chi connectivity index (χ0v) is 20.0. The number of thioether (sulfide) groups is 1. The van der Waals surface area contributed by atoms with Crippen LogP contribution in [0.5, 0.6) is 0 Å². The normalized spacial score (nSPS) is 15.7. The van der Waals surface area contributed by atoms with Gasteiger partial charge in [-0.25, -0.2) is 8.42 Å². The van der Waals surface area contributed by atoms with Crippen molar-refractivity contribution in [3.8, 4) is 0 Å². The SMILES string of the molecule is CS(=O)(=O)N1CCN(Cc2cccc(C(=O)NCCSCc3ccc(Cl)cc3)c2)CC1. The lowest BCUT2D eigenvalue weighted by Crippen LogP contribution is -2.47. The van der Waals surface area contributed by atoms with Crippen molar-refractivity contribution in [1.82, 2.24) is 14.5 Å². The molecule has 1 amide bonds. The number of amides is 1. The van der Waals surface area contributed by atoms with Crippen LogP contribution in [0.2, 0.25) is 5.02 Å². The summed E-state index contributed by atoms with van der Waals surface area (Å²) in [7, 11) is -3.12. The maximum Gasteiger partial charge on any atom is 0.251 e. The number of sulfonamides is 1. The van der Waals surface area contributed by atoms with Gasteiger partial charge in [0, 0.05) is 61.4 Å². The number of piperazine rings is 1. The second-order valence-electron chi connectivity index (χ2n) is 7.57. The first-order valence-electron chi connectivity index (χ1n) is 10.2. The molecule has 1 fully saturated rings. The van der Waals surface area contributed by atoms with Crippen LogP contribution in [0.25, 0.3) is 0 Å². The van der Waals surface area contributed by atoms with Gasteiger partial charge in [-0.1, -0.05) is 35.9 Å². The molecule has 6 nitrogen and oxygen atoms in total. The first-order valence-corrected chi connectivity index (χ1v) is 13.6. The van der Waals surface area contributed by atoms with Crippen molar-refractivity contribution in [2.45, 2.75) is 12.3 Å². The molecule has 1 saturated heterocycles. The highest BCUT2D eigenvalue weighted by Gasteiger charge is 2.23. The fourth-order valence-corrected chi connectivity index (χ4v) is 5.17. The summed E-state index contributed by atoms with van der Waals surface area (Å²) in [6.45, 7) is 3.70. The van der Waals surface area contributed by atoms with Gasteiger partial charge in [-0.2, -0.15) is 16.1 Å². The largest absolute Gasteiger partial charge is 0.351 e. The predicted molar refractivity (Wildman–Crippen MR) is 128 cm³/mol. The number of nitrogens with one attached hydrogen (secondary N) is 1. The zero-order chi connectivity index (χ0) is 22.3. The third kappa shape index (κ3) is 7.80. The van der Waals surface area contributed by atoms with Crippen molar-refractivity contribution in [3.05, 3.63) is 70.2 Å². The standard InChI is InChI=1S/C22H28ClN3O3S2/c1-31(28,29)26-12-10-25(11-13-26)16-19-3-2-4-20(15-19)22(27)24-9-14-30-17-18-5-7-21(23)8-6-18/h2-8,15H,9-14,16-17H2,1H3,(H,24,27). The number of hydrogen-bond donors (Lipinski definition) is 1. The van der Waals surface area contributed by atoms with Gasteiger partial charge in [0.25, 0.3) is 5.91 Å². The summed E-state index contributed by atoms with van der Waals surface area (Å²) in [4.78, 5) is 14.7. The van der Waals surface area contributed by atoms with Crippen molar-refractivity contribution in [1.29, 1.82) is 0 Å². The van der Waals surface area contributed by atoms with Gasteiger partial charge in [0.2, 0.25) is 10.0 Å². The van der Waals surface area contributed by atoms with Crippen LogP contribution in [-0.4, -0.2) is 68.3 Å². The van der Waals surface area contributed by atoms with Gasteiger partial charge < -0.3 is 5.32 Å². The van der Waals surface area contributed by atoms with E-state index in [2.05, 4.69) is 10.2 Å². The number of halogens is 1. The topological polar surface area (TPSA) is 69.7 Å². The number of nitrogens with zero attached hydrogens (tertiary/aromatic N) is 2. The Morgan fingerprint density at radius 1 is 1.06 bits per heavy atom. The Morgan fingerprint density at radius 2 is 1.77 bits per heavy atom. The van der Waals surface area contributed by atoms with E-state index in [1.54, 1.807) is 11.8 Å². The molecule has 0 aromatic heterocycles. The molecule has 1 N–H and O–H groups in total. The lowest BCUT2D eigenvalue weighted by atomic mass is 10.1. The van der Waals surface area contributed by atoms with E-state index in [-0.39, 0.29) is 5.91 Å². The van der Waals surface area contributed by atoms with Gasteiger partial charge in [-0.15, -0.1) is 0 Å². The van der Waals surface area contributed by atoms with Gasteiger partial charge in [0.1, 0.15) is 0 Å². The molecule has 0 spiro atoms. The monoisotopic (exact) mass is 481 g/mol. The van der Waals surface area contributed by atoms with E-state index < -0.39 is 10.0 Å². The molecule has 0 saturated carbocycles. The quantitative estimate of drug-likeness (QED) is 0.557. The van der Waals surface area contributed by atoms with Gasteiger partial charge >= 0.3 is 0 Å². The molecule has 0 unspecified atom stereocenters. The molecule has 168 valence electrons. The second kappa shape index (κ2) is 11.3. The third-order valence-corrected chi connectivity index (χ3v) is 7.69. The summed E-state index contributed by atoms with van der Waals surface area (Å²) in [6, 6.07) is 15.4. The molecule has 1 aliphatic rings. The summed E-state index contributed by atoms with van der Waals surface area (Å²) >= 11 is 7.66. The zero-order valence-electron chi connectivity index (χ0n) is 17.6. The molecule has 0 atom stereocenters. The van der Waals surface area contributed by atoms with Crippen LogP contribution in [-0.2, 0) is 22.3 Å². The molecule has 0 aliphatic carbocycles. The lowest BCUT2D eigenvalue weighted by molar-refractivity contribution is 0.0956. The Kier molecular flexibility index (Phi) is 8.80. The molecule has 2 aromatic carbocycles. The van der Waals surface area contributed by atoms with E-state index in [0.29, 0.717) is 44.8 Å². The molecular weight excluding hydrogens is 454 g/mol. The fraction of sp³-hybridized carbons (Fsp3) is 0.409. The van der Waals surface area contributed by atoms with Crippen molar-refractivity contribution in [2.75, 3.05) is 44.7 Å². The minimum atomic E-state index is -3.12. The number of carbonyl (C=O) groups is 1. The molecule has 1 heterocycles. The van der Waals surface area contributed by atoms with Crippen molar-refractivity contribution < 1.29 is 13.2 Å². The lowest BCUT2D eigenvalue weighted by Gasteiger charge is -2.33. The maximum atomic E-state index is 12.5. The fourth-order valence-electron chi connectivity index (χ4n) is 3.40. The predicted octanol–water partition coefficient (Wildman–Crippen LogP) is 3.08. The van der Waals surface area contributed by atoms with E-state index in [4.69, 9.17) is 11.6 Å². The maximum absolute atomic E-state index is 12.5. The summed E-state index contributed by atoms with van der Waals surface area (Å²) in [5.41, 5.74) is 2.92. The average molecular weight is 482 g/mol. The Labute approximate surface area is 194 Å². The molecule has 3 rings (SSSR count). The highest BCUT2D eigenvalue weighted by Crippen LogP contribution is 2.15. The molecule has 1 aliphatic heterocycles. The number of hydrogen-bond acceptors (Lipinski definition) is 5. The first kappa shape index (κ1) is 24.1. The van der Waals surface area contributed by atoms with E-state index in [0.717, 1.165) is 22.1 Å². The van der Waals surface area contributed by atoms with Crippen LogP contribution < -0.4 is 5.32 Å². The summed E-state index contributed by atoms with van der Waals surface area (Å²) in [6.07, 6.45) is 1.25. The van der Waals surface area contributed by atoms with Gasteiger partial charge in [0.05, 0.1) is 6.26 Å². The third-order valence-electron chi connectivity index (χ3n) is 5.11. The minimum Gasteiger partial charge on any atom is -0.351 e. The Bertz CT molecular complexity index is 976. The molecule has 0 radical (unpaired) electrons. The summed E-state index contributed by atoms with van der Waals surface area (Å²) < 4.78 is 24.8. The molecule has 31 heavy (non-hydrogen) atoms. The van der Waals surface area contributed by atoms with E-state index in [1.165, 1.54) is 16.1 Å². The number of rotatable bonds is 9. The molecule has 2 aromatic rings. The van der Waals surface area contributed by atoms with Crippen molar-refractivity contribution >= 4 is 39.3 Å². The van der Waals surface area contributed by atoms with Crippen LogP contribution in [0, 0.1) is 0 Å². The van der Waals surface area contributed by atoms with Crippen molar-refractivity contribution in [3.63, 3.8) is 0 Å². The molecule has 9 heteroatoms. The first-order chi connectivity index (χ1) is 14.8. The minimum absolute atomic E-state index is 0.0733. The summed E-state index contributed by atoms with van der Waals surface area (Å²) in [5.74, 6) is 1.64. The van der Waals surface area contributed by atoms with Crippen LogP contribution in [0.15, 0.2) is 48.5 Å². The Hall–Kier alpha value is -1.58. The number of benzene rings is 2. The highest BCUT2D eigenvalue weighted by atomic mass is 35.5.